The highest BCUT2D eigenvalue weighted by molar-refractivity contribution is 9.10. The summed E-state index contributed by atoms with van der Waals surface area (Å²) in [7, 11) is -1.48. The van der Waals surface area contributed by atoms with Crippen molar-refractivity contribution in [3.63, 3.8) is 0 Å². The van der Waals surface area contributed by atoms with Crippen molar-refractivity contribution in [3.05, 3.63) is 58.3 Å². The van der Waals surface area contributed by atoms with Crippen LogP contribution in [-0.4, -0.2) is 21.2 Å². The van der Waals surface area contributed by atoms with E-state index in [0.29, 0.717) is 21.6 Å². The van der Waals surface area contributed by atoms with Gasteiger partial charge in [0.15, 0.2) is 9.84 Å². The Hall–Kier alpha value is -1.40. The van der Waals surface area contributed by atoms with Crippen LogP contribution in [0.3, 0.4) is 0 Å². The maximum atomic E-state index is 13.2. The normalized spacial score (nSPS) is 11.5. The summed E-state index contributed by atoms with van der Waals surface area (Å²) in [6.07, 6.45) is 0. The van der Waals surface area contributed by atoms with Gasteiger partial charge >= 0.3 is 0 Å². The van der Waals surface area contributed by atoms with E-state index >= 15 is 0 Å². The molecule has 2 aromatic carbocycles. The molecule has 0 radical (unpaired) electrons. The van der Waals surface area contributed by atoms with Crippen LogP contribution in [-0.2, 0) is 16.4 Å². The first kappa shape index (κ1) is 17.0. The number of hydrogen-bond donors (Lipinski definition) is 0. The van der Waals surface area contributed by atoms with Gasteiger partial charge in [-0.1, -0.05) is 41.1 Å². The number of benzene rings is 2. The van der Waals surface area contributed by atoms with Gasteiger partial charge in [0.1, 0.15) is 5.82 Å². The molecule has 22 heavy (non-hydrogen) atoms. The molecule has 0 N–H and O–H groups in total. The highest BCUT2D eigenvalue weighted by atomic mass is 79.9. The zero-order valence-electron chi connectivity index (χ0n) is 12.4. The number of rotatable bonds is 5. The van der Waals surface area contributed by atoms with Crippen LogP contribution in [0.1, 0.15) is 12.5 Å². The zero-order chi connectivity index (χ0) is 16.3. The topological polar surface area (TPSA) is 37.4 Å². The summed E-state index contributed by atoms with van der Waals surface area (Å²) in [5, 5.41) is 0. The molecule has 0 saturated carbocycles. The second kappa shape index (κ2) is 6.79. The molecule has 0 unspecified atom stereocenters. The molecule has 0 aliphatic heterocycles. The molecular formula is C16H17BrFNO2S. The average Bonchev–Trinajstić information content (AvgIpc) is 2.50. The lowest BCUT2D eigenvalue weighted by Gasteiger charge is -2.23. The van der Waals surface area contributed by atoms with Gasteiger partial charge in [-0.05, 0) is 29.8 Å². The lowest BCUT2D eigenvalue weighted by molar-refractivity contribution is 0.597. The number of hydrogen-bond acceptors (Lipinski definition) is 3. The predicted octanol–water partition coefficient (Wildman–Crippen LogP) is 4.02. The van der Waals surface area contributed by atoms with Gasteiger partial charge < -0.3 is 4.90 Å². The summed E-state index contributed by atoms with van der Waals surface area (Å²) in [6.45, 7) is 2.10. The summed E-state index contributed by atoms with van der Waals surface area (Å²) in [5.41, 5.74) is 1.52. The van der Waals surface area contributed by atoms with E-state index in [2.05, 4.69) is 15.9 Å². The van der Waals surface area contributed by atoms with Crippen molar-refractivity contribution < 1.29 is 12.8 Å². The Kier molecular flexibility index (Phi) is 5.24. The van der Waals surface area contributed by atoms with Gasteiger partial charge in [0.05, 0.1) is 16.3 Å². The maximum absolute atomic E-state index is 13.2. The van der Waals surface area contributed by atoms with Crippen LogP contribution < -0.4 is 4.90 Å². The summed E-state index contributed by atoms with van der Waals surface area (Å²) in [6, 6.07) is 11.4. The van der Waals surface area contributed by atoms with Crippen molar-refractivity contribution in [2.75, 3.05) is 17.7 Å². The Morgan fingerprint density at radius 2 is 1.86 bits per heavy atom. The first-order valence-electron chi connectivity index (χ1n) is 6.82. The zero-order valence-corrected chi connectivity index (χ0v) is 14.8. The van der Waals surface area contributed by atoms with Crippen molar-refractivity contribution in [2.24, 2.45) is 0 Å². The van der Waals surface area contributed by atoms with Gasteiger partial charge in [0.2, 0.25) is 0 Å². The van der Waals surface area contributed by atoms with Crippen molar-refractivity contribution in [2.45, 2.75) is 18.4 Å². The van der Waals surface area contributed by atoms with E-state index in [1.807, 2.05) is 11.9 Å². The van der Waals surface area contributed by atoms with Crippen molar-refractivity contribution in [1.29, 1.82) is 0 Å². The largest absolute Gasteiger partial charge is 0.369 e. The van der Waals surface area contributed by atoms with Crippen LogP contribution in [0, 0.1) is 5.82 Å². The molecule has 0 spiro atoms. The Morgan fingerprint density at radius 3 is 2.50 bits per heavy atom. The molecule has 0 aliphatic carbocycles. The van der Waals surface area contributed by atoms with Crippen LogP contribution in [0.4, 0.5) is 10.1 Å². The van der Waals surface area contributed by atoms with E-state index in [4.69, 9.17) is 0 Å². The number of nitrogens with zero attached hydrogens (tertiary/aromatic N) is 1. The van der Waals surface area contributed by atoms with Gasteiger partial charge in [-0.15, -0.1) is 0 Å². The summed E-state index contributed by atoms with van der Waals surface area (Å²) in [4.78, 5) is 2.17. The Labute approximate surface area is 138 Å². The standard InChI is InChI=1S/C16H17BrFNO2S/c1-3-22(20,21)16-7-5-4-6-15(16)19(2)11-12-8-9-13(18)10-14(12)17/h4-10H,3,11H2,1-2H3. The number of para-hydroxylation sites is 1. The quantitative estimate of drug-likeness (QED) is 0.779. The fraction of sp³-hybridized carbons (Fsp3) is 0.250. The molecule has 0 bridgehead atoms. The minimum Gasteiger partial charge on any atom is -0.369 e. The van der Waals surface area contributed by atoms with E-state index < -0.39 is 9.84 Å². The maximum Gasteiger partial charge on any atom is 0.180 e. The van der Waals surface area contributed by atoms with Crippen LogP contribution in [0.15, 0.2) is 51.8 Å². The molecule has 0 aliphatic rings. The number of halogens is 2. The minimum absolute atomic E-state index is 0.0537. The fourth-order valence-electron chi connectivity index (χ4n) is 2.18. The molecule has 0 fully saturated rings. The average molecular weight is 386 g/mol. The highest BCUT2D eigenvalue weighted by Crippen LogP contribution is 2.28. The third kappa shape index (κ3) is 3.67. The molecule has 2 rings (SSSR count). The second-order valence-corrected chi connectivity index (χ2v) is 8.06. The van der Waals surface area contributed by atoms with Gasteiger partial charge in [-0.25, -0.2) is 12.8 Å². The molecule has 3 nitrogen and oxygen atoms in total. The van der Waals surface area contributed by atoms with Crippen molar-refractivity contribution in [1.82, 2.24) is 0 Å². The molecular weight excluding hydrogens is 369 g/mol. The number of sulfone groups is 1. The van der Waals surface area contributed by atoms with E-state index in [-0.39, 0.29) is 11.6 Å². The summed E-state index contributed by atoms with van der Waals surface area (Å²) < 4.78 is 38.2. The van der Waals surface area contributed by atoms with E-state index in [9.17, 15) is 12.8 Å². The molecule has 0 atom stereocenters. The lowest BCUT2D eigenvalue weighted by atomic mass is 10.2. The minimum atomic E-state index is -3.30. The van der Waals surface area contributed by atoms with Crippen LogP contribution in [0.2, 0.25) is 0 Å². The molecule has 2 aromatic rings. The molecule has 0 saturated heterocycles. The molecule has 6 heteroatoms. The third-order valence-electron chi connectivity index (χ3n) is 3.41. The van der Waals surface area contributed by atoms with E-state index in [0.717, 1.165) is 5.56 Å². The summed E-state index contributed by atoms with van der Waals surface area (Å²) >= 11 is 3.33. The first-order valence-corrected chi connectivity index (χ1v) is 9.26. The number of anilines is 1. The van der Waals surface area contributed by atoms with Gasteiger partial charge in [0.25, 0.3) is 0 Å². The monoisotopic (exact) mass is 385 g/mol. The second-order valence-electron chi connectivity index (χ2n) is 4.96. The first-order chi connectivity index (χ1) is 10.3. The van der Waals surface area contributed by atoms with Crippen molar-refractivity contribution in [3.8, 4) is 0 Å². The summed E-state index contributed by atoms with van der Waals surface area (Å²) in [5.74, 6) is -0.259. The molecule has 0 amide bonds. The predicted molar refractivity (Wildman–Crippen MR) is 90.4 cm³/mol. The Morgan fingerprint density at radius 1 is 1.18 bits per heavy atom. The lowest BCUT2D eigenvalue weighted by Crippen LogP contribution is -2.20. The molecule has 0 heterocycles. The smallest absolute Gasteiger partial charge is 0.180 e. The Bertz CT molecular complexity index is 777. The van der Waals surface area contributed by atoms with Crippen LogP contribution in [0.5, 0.6) is 0 Å². The van der Waals surface area contributed by atoms with Gasteiger partial charge in [-0.2, -0.15) is 0 Å². The van der Waals surface area contributed by atoms with Crippen LogP contribution in [0.25, 0.3) is 0 Å². The Balaban J connectivity index is 2.36. The van der Waals surface area contributed by atoms with E-state index in [1.165, 1.54) is 12.1 Å². The highest BCUT2D eigenvalue weighted by Gasteiger charge is 2.18. The molecule has 0 aromatic heterocycles. The molecule has 118 valence electrons. The van der Waals surface area contributed by atoms with Crippen LogP contribution >= 0.6 is 15.9 Å². The van der Waals surface area contributed by atoms with Crippen molar-refractivity contribution >= 4 is 31.5 Å². The van der Waals surface area contributed by atoms with Gasteiger partial charge in [-0.3, -0.25) is 0 Å². The fourth-order valence-corrected chi connectivity index (χ4v) is 3.80. The SMILES string of the molecule is CCS(=O)(=O)c1ccccc1N(C)Cc1ccc(F)cc1Br. The van der Waals surface area contributed by atoms with Gasteiger partial charge in [0, 0.05) is 18.1 Å². The van der Waals surface area contributed by atoms with E-state index in [1.54, 1.807) is 37.3 Å². The third-order valence-corrected chi connectivity index (χ3v) is 5.93.